The molecular formula is C60H61ClF6N6O6. The Morgan fingerprint density at radius 1 is 0.595 bits per heavy atom. The highest BCUT2D eigenvalue weighted by Crippen LogP contribution is 2.60. The van der Waals surface area contributed by atoms with Crippen molar-refractivity contribution in [2.75, 3.05) is 0 Å². The Morgan fingerprint density at radius 3 is 1.38 bits per heavy atom. The molecular weight excluding hydrogens is 1050 g/mol. The quantitative estimate of drug-likeness (QED) is 0.0717. The summed E-state index contributed by atoms with van der Waals surface area (Å²) < 4.78 is 87.1. The van der Waals surface area contributed by atoms with Crippen LogP contribution in [0.4, 0.5) is 26.3 Å². The molecule has 0 bridgehead atoms. The number of fused-ring (bicyclic) bond motifs is 2. The molecule has 12 nitrogen and oxygen atoms in total. The topological polar surface area (TPSA) is 157 Å². The first-order chi connectivity index (χ1) is 37.1. The maximum Gasteiger partial charge on any atom is 0.416 e. The maximum atomic E-state index is 13.5. The van der Waals surface area contributed by atoms with Gasteiger partial charge >= 0.3 is 24.3 Å². The van der Waals surface area contributed by atoms with E-state index < -0.39 is 29.4 Å². The van der Waals surface area contributed by atoms with Crippen molar-refractivity contribution >= 4 is 58.0 Å². The van der Waals surface area contributed by atoms with Crippen LogP contribution < -0.4 is 10.6 Å². The van der Waals surface area contributed by atoms with Gasteiger partial charge in [-0.15, -0.1) is 12.4 Å². The predicted molar refractivity (Wildman–Crippen MR) is 286 cm³/mol. The Balaban J connectivity index is 0.000000193. The first-order valence-electron chi connectivity index (χ1n) is 26.5. The molecule has 4 saturated carbocycles. The number of aromatic nitrogens is 4. The molecule has 2 amide bonds. The zero-order valence-corrected chi connectivity index (χ0v) is 44.6. The summed E-state index contributed by atoms with van der Waals surface area (Å²) in [5.41, 5.74) is 5.01. The van der Waals surface area contributed by atoms with Crippen LogP contribution in [0.2, 0.25) is 0 Å². The van der Waals surface area contributed by atoms with E-state index in [1.807, 2.05) is 87.5 Å². The Bertz CT molecular complexity index is 3370. The number of alkyl halides is 6. The van der Waals surface area contributed by atoms with Gasteiger partial charge in [0.1, 0.15) is 6.10 Å². The fourth-order valence-corrected chi connectivity index (χ4v) is 12.5. The minimum absolute atomic E-state index is 0. The minimum atomic E-state index is -4.39. The number of esters is 1. The summed E-state index contributed by atoms with van der Waals surface area (Å²) in [6, 6.07) is 31.1. The molecule has 416 valence electrons. The van der Waals surface area contributed by atoms with E-state index in [4.69, 9.17) is 9.84 Å². The smallest absolute Gasteiger partial charge is 0.416 e. The molecule has 0 unspecified atom stereocenters. The van der Waals surface area contributed by atoms with Crippen molar-refractivity contribution in [3.8, 4) is 0 Å². The molecule has 7 aromatic rings. The van der Waals surface area contributed by atoms with Crippen molar-refractivity contribution in [3.63, 3.8) is 0 Å². The van der Waals surface area contributed by atoms with Crippen molar-refractivity contribution in [1.82, 2.24) is 30.2 Å². The highest BCUT2D eigenvalue weighted by Gasteiger charge is 2.57. The van der Waals surface area contributed by atoms with Crippen LogP contribution in [0.25, 0.3) is 21.8 Å². The monoisotopic (exact) mass is 1110 g/mol. The Hall–Kier alpha value is -7.21. The number of amides is 2. The molecule has 1 atom stereocenters. The van der Waals surface area contributed by atoms with E-state index in [1.165, 1.54) is 24.3 Å². The second-order valence-electron chi connectivity index (χ2n) is 21.9. The van der Waals surface area contributed by atoms with E-state index in [-0.39, 0.29) is 71.0 Å². The molecule has 11 rings (SSSR count). The Morgan fingerprint density at radius 2 is 1.00 bits per heavy atom. The Kier molecular flexibility index (Phi) is 15.8. The second kappa shape index (κ2) is 22.1. The first kappa shape index (κ1) is 56.5. The molecule has 2 aromatic heterocycles. The van der Waals surface area contributed by atoms with E-state index in [1.54, 1.807) is 9.36 Å². The van der Waals surface area contributed by atoms with Gasteiger partial charge < -0.3 is 20.5 Å². The van der Waals surface area contributed by atoms with Crippen LogP contribution in [0.1, 0.15) is 138 Å². The fourth-order valence-electron chi connectivity index (χ4n) is 12.5. The molecule has 0 saturated heterocycles. The van der Waals surface area contributed by atoms with Gasteiger partial charge in [0.15, 0.2) is 11.4 Å². The lowest BCUT2D eigenvalue weighted by atomic mass is 9.50. The van der Waals surface area contributed by atoms with E-state index in [9.17, 15) is 45.5 Å². The average molecular weight is 1110 g/mol. The third-order valence-corrected chi connectivity index (χ3v) is 16.5. The number of hydrogen-bond donors (Lipinski definition) is 3. The normalized spacial score (nSPS) is 22.5. The number of rotatable bonds is 14. The summed E-state index contributed by atoms with van der Waals surface area (Å²) in [6.45, 7) is 6.90. The van der Waals surface area contributed by atoms with Crippen LogP contribution in [-0.4, -0.2) is 60.5 Å². The van der Waals surface area contributed by atoms with Gasteiger partial charge in [-0.1, -0.05) is 78.9 Å². The second-order valence-corrected chi connectivity index (χ2v) is 21.9. The number of aryl methyl sites for hydroxylation is 2. The van der Waals surface area contributed by atoms with E-state index in [2.05, 4.69) is 20.8 Å². The maximum absolute atomic E-state index is 13.5. The van der Waals surface area contributed by atoms with Gasteiger partial charge in [-0.05, 0) is 160 Å². The SMILES string of the molecule is CCn1nc(C(=O)NC2CC3(C2)CC(C(=O)O)C3)c2c(Cc3ccc(C(F)(F)F)cc3)cccc21.CCn1nc(C(=O)NC2CC3(C2)CC(C(=O)O[C@@H](C)c2ccccc2)C3)c2c(Cc3ccc(C(F)(F)F)cc3)cccc21.Cl. The third-order valence-electron chi connectivity index (χ3n) is 16.5. The summed E-state index contributed by atoms with van der Waals surface area (Å²) in [7, 11) is 0. The molecule has 4 aliphatic carbocycles. The van der Waals surface area contributed by atoms with Gasteiger partial charge in [0.25, 0.3) is 11.8 Å². The van der Waals surface area contributed by atoms with Crippen LogP contribution in [-0.2, 0) is 52.6 Å². The van der Waals surface area contributed by atoms with Crippen molar-refractivity contribution in [2.45, 2.75) is 129 Å². The molecule has 0 aliphatic heterocycles. The fraction of sp³-hybridized carbons (Fsp3) is 0.400. The van der Waals surface area contributed by atoms with Gasteiger partial charge in [-0.25, -0.2) is 0 Å². The number of halogens is 7. The first-order valence-corrected chi connectivity index (χ1v) is 26.5. The molecule has 4 fully saturated rings. The molecule has 2 spiro atoms. The summed E-state index contributed by atoms with van der Waals surface area (Å²) in [5, 5.41) is 25.9. The molecule has 79 heavy (non-hydrogen) atoms. The number of hydrogen-bond acceptors (Lipinski definition) is 7. The lowest BCUT2D eigenvalue weighted by molar-refractivity contribution is -0.167. The molecule has 4 aliphatic rings. The predicted octanol–water partition coefficient (Wildman–Crippen LogP) is 12.7. The highest BCUT2D eigenvalue weighted by molar-refractivity contribution is 6.07. The number of carbonyl (C=O) groups is 4. The van der Waals surface area contributed by atoms with Crippen LogP contribution >= 0.6 is 12.4 Å². The molecule has 0 radical (unpaired) electrons. The molecule has 2 heterocycles. The summed E-state index contributed by atoms with van der Waals surface area (Å²) >= 11 is 0. The summed E-state index contributed by atoms with van der Waals surface area (Å²) in [6.07, 6.45) is -2.30. The number of ether oxygens (including phenoxy) is 1. The largest absolute Gasteiger partial charge is 0.481 e. The third kappa shape index (κ3) is 11.8. The molecule has 19 heteroatoms. The number of nitrogens with zero attached hydrogens (tertiary/aromatic N) is 4. The summed E-state index contributed by atoms with van der Waals surface area (Å²) in [4.78, 5) is 50.6. The van der Waals surface area contributed by atoms with E-state index >= 15 is 0 Å². The highest BCUT2D eigenvalue weighted by atomic mass is 35.5. The summed E-state index contributed by atoms with van der Waals surface area (Å²) in [5.74, 6) is -1.84. The molecule has 3 N–H and O–H groups in total. The van der Waals surface area contributed by atoms with E-state index in [0.717, 1.165) is 95.9 Å². The lowest BCUT2D eigenvalue weighted by Gasteiger charge is -2.57. The lowest BCUT2D eigenvalue weighted by Crippen LogP contribution is -2.57. The number of aliphatic carboxylic acids is 1. The number of carboxylic acids is 1. The van der Waals surface area contributed by atoms with Crippen molar-refractivity contribution in [1.29, 1.82) is 0 Å². The number of carbonyl (C=O) groups excluding carboxylic acids is 3. The molecule has 5 aromatic carbocycles. The Labute approximate surface area is 458 Å². The average Bonchev–Trinajstić information content (AvgIpc) is 4.00. The van der Waals surface area contributed by atoms with Crippen LogP contribution in [0.5, 0.6) is 0 Å². The zero-order valence-electron chi connectivity index (χ0n) is 43.8. The number of benzene rings is 5. The van der Waals surface area contributed by atoms with Crippen LogP contribution in [0, 0.1) is 22.7 Å². The van der Waals surface area contributed by atoms with Crippen molar-refractivity contribution in [3.05, 3.63) is 166 Å². The van der Waals surface area contributed by atoms with Gasteiger partial charge in [0, 0.05) is 35.9 Å². The number of carboxylic acid groups (broad SMARTS) is 1. The van der Waals surface area contributed by atoms with Crippen LogP contribution in [0.3, 0.4) is 0 Å². The van der Waals surface area contributed by atoms with Crippen molar-refractivity contribution < 1.29 is 55.4 Å². The zero-order chi connectivity index (χ0) is 55.3. The van der Waals surface area contributed by atoms with Gasteiger partial charge in [0.2, 0.25) is 0 Å². The van der Waals surface area contributed by atoms with Gasteiger partial charge in [0.05, 0.1) is 34.0 Å². The standard InChI is InChI=1S/C34H34F3N3O3.C26H26F3N3O3.ClH/c1-3-40-28-11-7-10-24(16-22-12-14-26(15-13-22)34(35,36)37)29(28)30(39-40)31(41)38-27-19-33(20-27)17-25(18-33)32(42)43-21(2)23-8-5-4-6-9-23;1-2-32-20-5-3-4-16(10-15-6-8-18(9-7-15)26(27,28)29)21(20)22(31-32)23(33)30-19-13-25(14-19)11-17(12-25)24(34)35;/h4-15,21,25,27H,3,16-20H2,1-2H3,(H,38,41);3-9,17,19H,2,10-14H2,1H3,(H,30,33)(H,34,35);1H/t21-,25?,27?,33?;;/m0../s1. The van der Waals surface area contributed by atoms with Crippen molar-refractivity contribution in [2.24, 2.45) is 22.7 Å². The van der Waals surface area contributed by atoms with E-state index in [0.29, 0.717) is 66.7 Å². The number of nitrogens with one attached hydrogen (secondary N) is 2. The van der Waals surface area contributed by atoms with Crippen LogP contribution in [0.15, 0.2) is 115 Å². The van der Waals surface area contributed by atoms with Gasteiger partial charge in [-0.3, -0.25) is 28.5 Å². The minimum Gasteiger partial charge on any atom is -0.481 e. The van der Waals surface area contributed by atoms with Gasteiger partial charge in [-0.2, -0.15) is 36.5 Å².